The van der Waals surface area contributed by atoms with Crippen LogP contribution in [0.1, 0.15) is 5.69 Å². The number of benzene rings is 2. The molecule has 0 saturated heterocycles. The molecule has 0 saturated carbocycles. The van der Waals surface area contributed by atoms with Crippen molar-refractivity contribution in [2.75, 3.05) is 11.4 Å². The van der Waals surface area contributed by atoms with Crippen LogP contribution in [0.5, 0.6) is 0 Å². The van der Waals surface area contributed by atoms with Gasteiger partial charge in [-0.2, -0.15) is 4.98 Å². The van der Waals surface area contributed by atoms with Gasteiger partial charge < -0.3 is 13.9 Å². The topological polar surface area (TPSA) is 64.9 Å². The summed E-state index contributed by atoms with van der Waals surface area (Å²) in [6.45, 7) is 2.30. The van der Waals surface area contributed by atoms with E-state index in [1.54, 1.807) is 6.20 Å². The highest BCUT2D eigenvalue weighted by Crippen LogP contribution is 2.30. The molecule has 1 aliphatic heterocycles. The van der Waals surface area contributed by atoms with Crippen molar-refractivity contribution in [1.29, 1.82) is 0 Å². The summed E-state index contributed by atoms with van der Waals surface area (Å²) >= 11 is 0. The van der Waals surface area contributed by atoms with Gasteiger partial charge in [-0.25, -0.2) is 4.68 Å². The van der Waals surface area contributed by atoms with Gasteiger partial charge in [-0.15, -0.1) is 5.10 Å². The first-order chi connectivity index (χ1) is 13.7. The van der Waals surface area contributed by atoms with Crippen molar-refractivity contribution in [2.24, 2.45) is 7.05 Å². The summed E-state index contributed by atoms with van der Waals surface area (Å²) in [5.41, 5.74) is 6.30. The minimum atomic E-state index is 0.651. The van der Waals surface area contributed by atoms with Crippen LogP contribution >= 0.6 is 0 Å². The van der Waals surface area contributed by atoms with E-state index in [1.807, 2.05) is 10.7 Å². The molecule has 5 aromatic rings. The minimum absolute atomic E-state index is 0.651. The highest BCUT2D eigenvalue weighted by molar-refractivity contribution is 5.88. The van der Waals surface area contributed by atoms with Gasteiger partial charge in [0.05, 0.1) is 25.0 Å². The van der Waals surface area contributed by atoms with Crippen LogP contribution in [0.25, 0.3) is 33.1 Å². The van der Waals surface area contributed by atoms with E-state index in [0.717, 1.165) is 35.4 Å². The lowest BCUT2D eigenvalue weighted by molar-refractivity contribution is 0.473. The molecule has 4 heterocycles. The van der Waals surface area contributed by atoms with Crippen molar-refractivity contribution in [1.82, 2.24) is 24.5 Å². The smallest absolute Gasteiger partial charge is 0.298 e. The number of nitrogens with zero attached hydrogens (tertiary/aromatic N) is 6. The van der Waals surface area contributed by atoms with E-state index in [2.05, 4.69) is 69.4 Å². The summed E-state index contributed by atoms with van der Waals surface area (Å²) in [5.74, 6) is 0. The third kappa shape index (κ3) is 2.32. The van der Waals surface area contributed by atoms with Gasteiger partial charge in [-0.1, -0.05) is 17.3 Å². The summed E-state index contributed by atoms with van der Waals surface area (Å²) in [7, 11) is 2.06. The molecule has 0 bridgehead atoms. The van der Waals surface area contributed by atoms with Gasteiger partial charge in [0.15, 0.2) is 5.58 Å². The second-order valence-corrected chi connectivity index (χ2v) is 7.25. The van der Waals surface area contributed by atoms with Crippen LogP contribution in [0.3, 0.4) is 0 Å². The Kier molecular flexibility index (Phi) is 3.14. The van der Waals surface area contributed by atoms with Crippen molar-refractivity contribution in [2.45, 2.75) is 13.1 Å². The number of aromatic nitrogens is 5. The first-order valence-corrected chi connectivity index (χ1v) is 9.33. The van der Waals surface area contributed by atoms with Gasteiger partial charge in [0.2, 0.25) is 0 Å². The molecular formula is C21H18N6O. The fourth-order valence-electron chi connectivity index (χ4n) is 3.93. The summed E-state index contributed by atoms with van der Waals surface area (Å²) in [6.07, 6.45) is 3.88. The monoisotopic (exact) mass is 370 g/mol. The van der Waals surface area contributed by atoms with E-state index >= 15 is 0 Å². The highest BCUT2D eigenvalue weighted by Gasteiger charge is 2.21. The fourth-order valence-corrected chi connectivity index (χ4v) is 3.93. The zero-order valence-electron chi connectivity index (χ0n) is 15.4. The molecule has 2 aromatic carbocycles. The van der Waals surface area contributed by atoms with E-state index in [-0.39, 0.29) is 0 Å². The zero-order valence-corrected chi connectivity index (χ0v) is 15.4. The minimum Gasteiger partial charge on any atom is -0.423 e. The summed E-state index contributed by atoms with van der Waals surface area (Å²) in [5, 5.41) is 9.30. The molecule has 0 spiro atoms. The molecule has 0 fully saturated rings. The predicted molar refractivity (Wildman–Crippen MR) is 107 cm³/mol. The van der Waals surface area contributed by atoms with Crippen molar-refractivity contribution >= 4 is 28.0 Å². The van der Waals surface area contributed by atoms with E-state index in [1.165, 1.54) is 16.5 Å². The summed E-state index contributed by atoms with van der Waals surface area (Å²) in [4.78, 5) is 6.88. The molecule has 0 N–H and O–H groups in total. The first kappa shape index (κ1) is 15.4. The average molecular weight is 370 g/mol. The normalized spacial score (nSPS) is 14.1. The van der Waals surface area contributed by atoms with E-state index in [4.69, 9.17) is 9.40 Å². The molecule has 1 aliphatic rings. The van der Waals surface area contributed by atoms with Gasteiger partial charge in [-0.05, 0) is 41.5 Å². The molecule has 138 valence electrons. The van der Waals surface area contributed by atoms with Crippen molar-refractivity contribution < 1.29 is 4.42 Å². The third-order valence-corrected chi connectivity index (χ3v) is 5.50. The number of aryl methyl sites for hydroxylation is 1. The van der Waals surface area contributed by atoms with Crippen LogP contribution in [0.15, 0.2) is 59.3 Å². The van der Waals surface area contributed by atoms with E-state index in [0.29, 0.717) is 12.6 Å². The molecule has 7 heteroatoms. The van der Waals surface area contributed by atoms with E-state index < -0.39 is 0 Å². The molecule has 3 aromatic heterocycles. The molecule has 7 nitrogen and oxygen atoms in total. The van der Waals surface area contributed by atoms with Crippen LogP contribution in [0.4, 0.5) is 6.01 Å². The van der Waals surface area contributed by atoms with E-state index in [9.17, 15) is 0 Å². The van der Waals surface area contributed by atoms with Crippen LogP contribution in [0.2, 0.25) is 0 Å². The Morgan fingerprint density at radius 1 is 1.00 bits per heavy atom. The molecule has 6 rings (SSSR count). The van der Waals surface area contributed by atoms with Crippen LogP contribution in [-0.2, 0) is 20.1 Å². The van der Waals surface area contributed by atoms with Crippen molar-refractivity contribution in [3.05, 3.63) is 60.6 Å². The SMILES string of the molecule is Cn1ccc2cc(-c3ccc4oc(N5CCn6nncc6C5)nc4c3)ccc21. The number of hydrogen-bond acceptors (Lipinski definition) is 5. The van der Waals surface area contributed by atoms with Gasteiger partial charge in [0.1, 0.15) is 5.52 Å². The maximum atomic E-state index is 6.02. The van der Waals surface area contributed by atoms with Gasteiger partial charge >= 0.3 is 0 Å². The quantitative estimate of drug-likeness (QED) is 0.475. The average Bonchev–Trinajstić information content (AvgIpc) is 3.44. The summed E-state index contributed by atoms with van der Waals surface area (Å²) in [6, 6.07) is 15.5. The summed E-state index contributed by atoms with van der Waals surface area (Å²) < 4.78 is 10.1. The molecule has 0 atom stereocenters. The maximum Gasteiger partial charge on any atom is 0.298 e. The van der Waals surface area contributed by atoms with Gasteiger partial charge in [-0.3, -0.25) is 0 Å². The molecule has 0 aliphatic carbocycles. The largest absolute Gasteiger partial charge is 0.423 e. The van der Waals surface area contributed by atoms with Crippen LogP contribution in [0, 0.1) is 0 Å². The zero-order chi connectivity index (χ0) is 18.7. The lowest BCUT2D eigenvalue weighted by Crippen LogP contribution is -2.33. The Hall–Kier alpha value is -3.61. The second-order valence-electron chi connectivity index (χ2n) is 7.25. The predicted octanol–water partition coefficient (Wildman–Crippen LogP) is 3.60. The second kappa shape index (κ2) is 5.69. The number of fused-ring (bicyclic) bond motifs is 3. The van der Waals surface area contributed by atoms with Crippen molar-refractivity contribution in [3.63, 3.8) is 0 Å². The molecule has 0 radical (unpaired) electrons. The number of rotatable bonds is 2. The molecule has 0 amide bonds. The standard InChI is InChI=1S/C21H18N6O/c1-25-7-6-16-10-14(2-4-19(16)25)15-3-5-20-18(11-15)23-21(28-20)26-8-9-27-17(13-26)12-22-24-27/h2-7,10-12H,8-9,13H2,1H3. The number of oxazole rings is 1. The Labute approximate surface area is 160 Å². The fraction of sp³-hybridized carbons (Fsp3) is 0.190. The van der Waals surface area contributed by atoms with Crippen molar-refractivity contribution in [3.8, 4) is 11.1 Å². The third-order valence-electron chi connectivity index (χ3n) is 5.50. The highest BCUT2D eigenvalue weighted by atomic mass is 16.4. The Morgan fingerprint density at radius 2 is 1.89 bits per heavy atom. The number of hydrogen-bond donors (Lipinski definition) is 0. The first-order valence-electron chi connectivity index (χ1n) is 9.33. The van der Waals surface area contributed by atoms with Gasteiger partial charge in [0.25, 0.3) is 6.01 Å². The maximum absolute atomic E-state index is 6.02. The number of anilines is 1. The Balaban J connectivity index is 1.36. The Bertz CT molecular complexity index is 1330. The lowest BCUT2D eigenvalue weighted by atomic mass is 10.0. The molecule has 28 heavy (non-hydrogen) atoms. The van der Waals surface area contributed by atoms with Crippen LogP contribution in [-0.4, -0.2) is 31.1 Å². The molecular weight excluding hydrogens is 352 g/mol. The lowest BCUT2D eigenvalue weighted by Gasteiger charge is -2.25. The van der Waals surface area contributed by atoms with Crippen LogP contribution < -0.4 is 4.90 Å². The molecule has 0 unspecified atom stereocenters. The Morgan fingerprint density at radius 3 is 2.86 bits per heavy atom. The van der Waals surface area contributed by atoms with Gasteiger partial charge in [0, 0.05) is 30.7 Å².